The average Bonchev–Trinajstić information content (AvgIpc) is 2.53. The Morgan fingerprint density at radius 3 is 1.91 bits per heavy atom. The number of hydrogen-bond acceptors (Lipinski definition) is 3. The maximum Gasteiger partial charge on any atom is 0.309 e. The van der Waals surface area contributed by atoms with Crippen molar-refractivity contribution in [3.05, 3.63) is 0 Å². The normalized spacial score (nSPS) is 18.5. The smallest absolute Gasteiger partial charge is 0.309 e. The molecule has 1 rings (SSSR count). The number of amides is 2. The molecule has 1 fully saturated rings. The lowest BCUT2D eigenvalue weighted by Gasteiger charge is -2.19. The monoisotopic (exact) mass is 326 g/mol. The number of methoxy groups -OCH3 is 1. The van der Waals surface area contributed by atoms with Gasteiger partial charge in [-0.3, -0.25) is 9.59 Å². The summed E-state index contributed by atoms with van der Waals surface area (Å²) in [5.74, 6) is -1.01. The van der Waals surface area contributed by atoms with Gasteiger partial charge in [0.1, 0.15) is 0 Å². The molecule has 0 saturated heterocycles. The molecule has 0 bridgehead atoms. The van der Waals surface area contributed by atoms with Crippen molar-refractivity contribution in [2.24, 2.45) is 0 Å². The maximum absolute atomic E-state index is 12.0. The van der Waals surface area contributed by atoms with Crippen LogP contribution in [0.2, 0.25) is 0 Å². The minimum absolute atomic E-state index is 0.145. The highest BCUT2D eigenvalue weighted by atomic mass is 16.5. The Kier molecular flexibility index (Phi) is 11.6. The van der Waals surface area contributed by atoms with E-state index in [2.05, 4.69) is 10.6 Å². The Morgan fingerprint density at radius 1 is 0.870 bits per heavy atom. The summed E-state index contributed by atoms with van der Waals surface area (Å²) in [6.45, 7) is 1.06. The van der Waals surface area contributed by atoms with Gasteiger partial charge in [0.15, 0.2) is 0 Å². The van der Waals surface area contributed by atoms with Gasteiger partial charge in [-0.1, -0.05) is 57.8 Å². The summed E-state index contributed by atoms with van der Waals surface area (Å²) in [5, 5.41) is 5.57. The molecule has 5 nitrogen and oxygen atoms in total. The Hall–Kier alpha value is -1.10. The van der Waals surface area contributed by atoms with Crippen LogP contribution >= 0.6 is 0 Å². The van der Waals surface area contributed by atoms with Crippen LogP contribution in [-0.2, 0) is 14.3 Å². The van der Waals surface area contributed by atoms with E-state index in [1.807, 2.05) is 0 Å². The summed E-state index contributed by atoms with van der Waals surface area (Å²) in [5.41, 5.74) is 0. The first-order chi connectivity index (χ1) is 11.2. The van der Waals surface area contributed by atoms with E-state index in [0.717, 1.165) is 32.1 Å². The van der Waals surface area contributed by atoms with Gasteiger partial charge in [0.2, 0.25) is 0 Å². The molecule has 0 heterocycles. The summed E-state index contributed by atoms with van der Waals surface area (Å²) in [6, 6.07) is 0.145. The van der Waals surface area contributed by atoms with Gasteiger partial charge in [0.25, 0.3) is 0 Å². The Balaban J connectivity index is 2.31. The summed E-state index contributed by atoms with van der Waals surface area (Å²) in [4.78, 5) is 23.8. The number of hydrogen-bond donors (Lipinski definition) is 2. The first-order valence-corrected chi connectivity index (χ1v) is 9.31. The molecule has 1 saturated carbocycles. The minimum atomic E-state index is -0.521. The molecule has 0 aromatic carbocycles. The van der Waals surface area contributed by atoms with Crippen LogP contribution in [-0.4, -0.2) is 38.1 Å². The Bertz CT molecular complexity index is 322. The molecule has 0 aromatic heterocycles. The minimum Gasteiger partial charge on any atom is -0.385 e. The zero-order valence-electron chi connectivity index (χ0n) is 14.7. The summed E-state index contributed by atoms with van der Waals surface area (Å²) in [6.07, 6.45) is 14.1. The molecular weight excluding hydrogens is 292 g/mol. The molecule has 2 N–H and O–H groups in total. The fraction of sp³-hybridized carbons (Fsp3) is 0.889. The van der Waals surface area contributed by atoms with Crippen molar-refractivity contribution in [1.29, 1.82) is 0 Å². The third-order valence-corrected chi connectivity index (χ3v) is 4.46. The fourth-order valence-corrected chi connectivity index (χ4v) is 3.06. The average molecular weight is 326 g/mol. The second-order valence-corrected chi connectivity index (χ2v) is 6.53. The molecule has 1 aliphatic carbocycles. The maximum atomic E-state index is 12.0. The van der Waals surface area contributed by atoms with Crippen molar-refractivity contribution < 1.29 is 14.3 Å². The zero-order valence-corrected chi connectivity index (χ0v) is 14.7. The third-order valence-electron chi connectivity index (χ3n) is 4.46. The second kappa shape index (κ2) is 13.3. The third kappa shape index (κ3) is 10.3. The van der Waals surface area contributed by atoms with Crippen molar-refractivity contribution in [2.75, 3.05) is 20.3 Å². The van der Waals surface area contributed by atoms with Crippen molar-refractivity contribution in [3.63, 3.8) is 0 Å². The molecule has 0 atom stereocenters. The molecule has 2 amide bonds. The van der Waals surface area contributed by atoms with Gasteiger partial charge < -0.3 is 15.4 Å². The highest BCUT2D eigenvalue weighted by Gasteiger charge is 2.18. The molecule has 0 unspecified atom stereocenters. The van der Waals surface area contributed by atoms with Crippen LogP contribution in [0, 0.1) is 0 Å². The fourth-order valence-electron chi connectivity index (χ4n) is 3.06. The quantitative estimate of drug-likeness (QED) is 0.603. The molecule has 0 aromatic rings. The van der Waals surface area contributed by atoms with Gasteiger partial charge in [0.05, 0.1) is 0 Å². The van der Waals surface area contributed by atoms with E-state index in [9.17, 15) is 9.59 Å². The van der Waals surface area contributed by atoms with Crippen LogP contribution < -0.4 is 10.6 Å². The van der Waals surface area contributed by atoms with Crippen molar-refractivity contribution in [2.45, 2.75) is 83.1 Å². The zero-order chi connectivity index (χ0) is 16.8. The molecule has 1 aliphatic rings. The molecule has 5 heteroatoms. The summed E-state index contributed by atoms with van der Waals surface area (Å²) >= 11 is 0. The van der Waals surface area contributed by atoms with E-state index in [0.29, 0.717) is 13.2 Å². The molecule has 134 valence electrons. The van der Waals surface area contributed by atoms with Gasteiger partial charge in [0, 0.05) is 26.3 Å². The van der Waals surface area contributed by atoms with Crippen molar-refractivity contribution in [3.8, 4) is 0 Å². The van der Waals surface area contributed by atoms with Crippen LogP contribution in [0.3, 0.4) is 0 Å². The first-order valence-electron chi connectivity index (χ1n) is 9.31. The van der Waals surface area contributed by atoms with E-state index in [4.69, 9.17) is 4.74 Å². The number of ether oxygens (including phenoxy) is 1. The van der Waals surface area contributed by atoms with Gasteiger partial charge in [-0.15, -0.1) is 0 Å². The van der Waals surface area contributed by atoms with Crippen LogP contribution in [0.15, 0.2) is 0 Å². The molecule has 0 aliphatic heterocycles. The number of carbonyl (C=O) groups excluding carboxylic acids is 2. The molecule has 23 heavy (non-hydrogen) atoms. The lowest BCUT2D eigenvalue weighted by molar-refractivity contribution is -0.139. The van der Waals surface area contributed by atoms with E-state index in [-0.39, 0.29) is 6.04 Å². The van der Waals surface area contributed by atoms with Crippen LogP contribution in [0.4, 0.5) is 0 Å². The number of nitrogens with one attached hydrogen (secondary N) is 2. The highest BCUT2D eigenvalue weighted by molar-refractivity contribution is 6.35. The van der Waals surface area contributed by atoms with E-state index >= 15 is 0 Å². The molecule has 0 radical (unpaired) electrons. The number of rotatable bonds is 5. The largest absolute Gasteiger partial charge is 0.385 e. The summed E-state index contributed by atoms with van der Waals surface area (Å²) < 4.78 is 4.92. The van der Waals surface area contributed by atoms with Gasteiger partial charge >= 0.3 is 11.8 Å². The molecule has 0 spiro atoms. The van der Waals surface area contributed by atoms with E-state index in [1.54, 1.807) is 7.11 Å². The second-order valence-electron chi connectivity index (χ2n) is 6.53. The highest BCUT2D eigenvalue weighted by Crippen LogP contribution is 2.16. The topological polar surface area (TPSA) is 67.4 Å². The Morgan fingerprint density at radius 2 is 1.39 bits per heavy atom. The van der Waals surface area contributed by atoms with Crippen molar-refractivity contribution >= 4 is 11.8 Å². The first kappa shape index (κ1) is 19.9. The molecular formula is C18H34N2O3. The number of carbonyl (C=O) groups is 2. The predicted octanol–water partition coefficient (Wildman–Crippen LogP) is 2.93. The van der Waals surface area contributed by atoms with E-state index in [1.165, 1.54) is 44.9 Å². The van der Waals surface area contributed by atoms with E-state index < -0.39 is 11.8 Å². The Labute approximate surface area is 140 Å². The van der Waals surface area contributed by atoms with Crippen molar-refractivity contribution in [1.82, 2.24) is 10.6 Å². The standard InChI is InChI=1S/C18H34N2O3/c1-23-15-11-14-19-17(21)18(22)20-16-12-9-7-5-3-2-4-6-8-10-13-16/h16H,2-15H2,1H3,(H,19,21)(H,20,22). The van der Waals surface area contributed by atoms with Crippen LogP contribution in [0.1, 0.15) is 77.0 Å². The lowest BCUT2D eigenvalue weighted by atomic mass is 9.98. The SMILES string of the molecule is COCCCNC(=O)C(=O)NC1CCCCCCCCCCC1. The van der Waals surface area contributed by atoms with Gasteiger partial charge in [-0.2, -0.15) is 0 Å². The van der Waals surface area contributed by atoms with Gasteiger partial charge in [-0.25, -0.2) is 0 Å². The van der Waals surface area contributed by atoms with Crippen LogP contribution in [0.5, 0.6) is 0 Å². The lowest BCUT2D eigenvalue weighted by Crippen LogP contribution is -2.45. The van der Waals surface area contributed by atoms with Gasteiger partial charge in [-0.05, 0) is 19.3 Å². The predicted molar refractivity (Wildman–Crippen MR) is 92.2 cm³/mol. The van der Waals surface area contributed by atoms with Crippen LogP contribution in [0.25, 0.3) is 0 Å². The summed E-state index contributed by atoms with van der Waals surface area (Å²) in [7, 11) is 1.62.